The lowest BCUT2D eigenvalue weighted by Crippen LogP contribution is -2.64. The number of carboxylic acid groups (broad SMARTS) is 3. The fourth-order valence-corrected chi connectivity index (χ4v) is 5.75. The van der Waals surface area contributed by atoms with Crippen molar-refractivity contribution in [2.75, 3.05) is 30.4 Å². The van der Waals surface area contributed by atoms with Crippen LogP contribution in [0.25, 0.3) is 6.08 Å². The number of nitrogens with one attached hydrogen (secondary N) is 2. The average molecular weight is 637 g/mol. The van der Waals surface area contributed by atoms with Crippen molar-refractivity contribution in [1.29, 1.82) is 0 Å². The smallest absolute Gasteiger partial charge is 0.336 e. The van der Waals surface area contributed by atoms with Gasteiger partial charge in [0.15, 0.2) is 11.5 Å². The summed E-state index contributed by atoms with van der Waals surface area (Å²) in [6, 6.07) is 6.83. The van der Waals surface area contributed by atoms with Crippen molar-refractivity contribution in [3.8, 4) is 0 Å². The normalized spacial score (nSPS) is 18.6. The first-order valence-corrected chi connectivity index (χ1v) is 14.7. The number of aromatic nitrogens is 2. The molecule has 4 heterocycles. The molecule has 0 spiro atoms. The van der Waals surface area contributed by atoms with Gasteiger partial charge in [0.05, 0.1) is 36.1 Å². The summed E-state index contributed by atoms with van der Waals surface area (Å²) in [5.41, 5.74) is 3.09. The SMILES string of the molecule is CCC1=Cc2ncc(CN3CCN(c4ccc(C(=O)NC)nc4)[C@H]4CC[C@H]43)cc2NC1=C=O.O=C(O)CC(O)(CC(=O)O)C(=O)O. The molecular formula is C31H36N6O9. The van der Waals surface area contributed by atoms with E-state index in [1.54, 1.807) is 13.1 Å². The maximum Gasteiger partial charge on any atom is 0.336 e. The molecule has 5 rings (SSSR count). The molecule has 2 aromatic heterocycles. The molecule has 2 fully saturated rings. The number of aliphatic carboxylic acids is 3. The van der Waals surface area contributed by atoms with E-state index in [1.807, 2.05) is 37.4 Å². The zero-order valence-electron chi connectivity index (χ0n) is 25.4. The second-order valence-corrected chi connectivity index (χ2v) is 11.2. The summed E-state index contributed by atoms with van der Waals surface area (Å²) < 4.78 is 0. The van der Waals surface area contributed by atoms with E-state index in [4.69, 9.17) is 20.4 Å². The molecule has 1 aliphatic carbocycles. The molecule has 0 unspecified atom stereocenters. The number of piperazine rings is 1. The third-order valence-electron chi connectivity index (χ3n) is 8.26. The Kier molecular flexibility index (Phi) is 10.5. The van der Waals surface area contributed by atoms with Crippen LogP contribution in [0.3, 0.4) is 0 Å². The van der Waals surface area contributed by atoms with Crippen LogP contribution < -0.4 is 15.5 Å². The van der Waals surface area contributed by atoms with Crippen LogP contribution in [0.15, 0.2) is 41.9 Å². The first kappa shape index (κ1) is 33.8. The van der Waals surface area contributed by atoms with Crippen molar-refractivity contribution in [3.63, 3.8) is 0 Å². The molecule has 2 aliphatic heterocycles. The molecule has 2 aromatic rings. The quantitative estimate of drug-likeness (QED) is 0.203. The minimum Gasteiger partial charge on any atom is -0.481 e. The Morgan fingerprint density at radius 2 is 1.74 bits per heavy atom. The van der Waals surface area contributed by atoms with Gasteiger partial charge in [0.1, 0.15) is 11.4 Å². The number of hydrogen-bond donors (Lipinski definition) is 6. The van der Waals surface area contributed by atoms with Gasteiger partial charge in [-0.2, -0.15) is 0 Å². The van der Waals surface area contributed by atoms with Crippen LogP contribution in [0.4, 0.5) is 11.4 Å². The summed E-state index contributed by atoms with van der Waals surface area (Å²) in [6.45, 7) is 4.71. The third kappa shape index (κ3) is 7.57. The van der Waals surface area contributed by atoms with Gasteiger partial charge in [0.2, 0.25) is 0 Å². The largest absolute Gasteiger partial charge is 0.481 e. The van der Waals surface area contributed by atoms with Crippen molar-refractivity contribution < 1.29 is 44.4 Å². The highest BCUT2D eigenvalue weighted by molar-refractivity contribution is 5.92. The summed E-state index contributed by atoms with van der Waals surface area (Å²) in [4.78, 5) is 67.5. The molecule has 0 aromatic carbocycles. The minimum atomic E-state index is -2.74. The molecule has 2 atom stereocenters. The Morgan fingerprint density at radius 3 is 2.26 bits per heavy atom. The molecular weight excluding hydrogens is 600 g/mol. The fraction of sp³-hybridized carbons (Fsp3) is 0.419. The number of carbonyl (C=O) groups is 4. The van der Waals surface area contributed by atoms with E-state index in [9.17, 15) is 24.0 Å². The molecule has 6 N–H and O–H groups in total. The Labute approximate surface area is 264 Å². The Bertz CT molecular complexity index is 1570. The van der Waals surface area contributed by atoms with Crippen LogP contribution >= 0.6 is 0 Å². The van der Waals surface area contributed by atoms with E-state index in [0.717, 1.165) is 60.7 Å². The molecule has 15 nitrogen and oxygen atoms in total. The molecule has 0 radical (unpaired) electrons. The lowest BCUT2D eigenvalue weighted by Gasteiger charge is -2.54. The summed E-state index contributed by atoms with van der Waals surface area (Å²) in [6.07, 6.45) is 6.52. The van der Waals surface area contributed by atoms with Gasteiger partial charge in [0, 0.05) is 45.0 Å². The Balaban J connectivity index is 0.000000315. The molecule has 0 bridgehead atoms. The van der Waals surface area contributed by atoms with Crippen molar-refractivity contribution in [2.24, 2.45) is 0 Å². The number of nitrogens with zero attached hydrogens (tertiary/aromatic N) is 4. The van der Waals surface area contributed by atoms with Crippen molar-refractivity contribution in [1.82, 2.24) is 20.2 Å². The van der Waals surface area contributed by atoms with E-state index >= 15 is 0 Å². The second-order valence-electron chi connectivity index (χ2n) is 11.2. The van der Waals surface area contributed by atoms with Gasteiger partial charge in [-0.05, 0) is 54.7 Å². The molecule has 15 heteroatoms. The summed E-state index contributed by atoms with van der Waals surface area (Å²) in [5, 5.41) is 39.6. The van der Waals surface area contributed by atoms with Gasteiger partial charge in [-0.25, -0.2) is 14.6 Å². The zero-order chi connectivity index (χ0) is 33.6. The van der Waals surface area contributed by atoms with Crippen molar-refractivity contribution >= 4 is 47.2 Å². The fourth-order valence-electron chi connectivity index (χ4n) is 5.75. The number of pyridine rings is 2. The lowest BCUT2D eigenvalue weighted by atomic mass is 9.81. The number of carboxylic acids is 3. The molecule has 46 heavy (non-hydrogen) atoms. The predicted octanol–water partition coefficient (Wildman–Crippen LogP) is 1.38. The minimum absolute atomic E-state index is 0.168. The summed E-state index contributed by atoms with van der Waals surface area (Å²) in [7, 11) is 1.61. The third-order valence-corrected chi connectivity index (χ3v) is 8.26. The number of carbonyl (C=O) groups excluding carboxylic acids is 2. The van der Waals surface area contributed by atoms with Crippen LogP contribution in [-0.2, 0) is 25.7 Å². The van der Waals surface area contributed by atoms with Crippen LogP contribution in [-0.4, -0.2) is 103 Å². The van der Waals surface area contributed by atoms with E-state index in [0.29, 0.717) is 23.5 Å². The van der Waals surface area contributed by atoms with Gasteiger partial charge in [0.25, 0.3) is 5.91 Å². The second kappa shape index (κ2) is 14.3. The van der Waals surface area contributed by atoms with E-state index in [1.165, 1.54) is 6.42 Å². The van der Waals surface area contributed by atoms with Crippen LogP contribution in [0.1, 0.15) is 60.8 Å². The van der Waals surface area contributed by atoms with Crippen LogP contribution in [0, 0.1) is 0 Å². The number of allylic oxidation sites excluding steroid dienone is 1. The monoisotopic (exact) mass is 636 g/mol. The number of aliphatic hydroxyl groups is 1. The van der Waals surface area contributed by atoms with Gasteiger partial charge >= 0.3 is 17.9 Å². The maximum atomic E-state index is 11.8. The predicted molar refractivity (Wildman–Crippen MR) is 165 cm³/mol. The lowest BCUT2D eigenvalue weighted by molar-refractivity contribution is -0.170. The number of rotatable bonds is 10. The summed E-state index contributed by atoms with van der Waals surface area (Å²) >= 11 is 0. The highest BCUT2D eigenvalue weighted by atomic mass is 16.4. The zero-order valence-corrected chi connectivity index (χ0v) is 25.4. The topological polar surface area (TPSA) is 223 Å². The molecule has 244 valence electrons. The number of fused-ring (bicyclic) bond motifs is 2. The van der Waals surface area contributed by atoms with E-state index in [2.05, 4.69) is 36.5 Å². The Hall–Kier alpha value is -5.11. The first-order valence-electron chi connectivity index (χ1n) is 14.7. The number of anilines is 2. The standard InChI is InChI=1S/C25H28N6O2.C6H8O7/c1-3-17-11-20-21(29-22(17)15-32)10-16(12-27-20)14-30-8-9-31(24-7-6-23(24)30)18-4-5-19(28-13-18)25(33)26-2;7-3(8)1-6(13,5(11)12)2-4(9)10/h4-5,10-13,23-24,29H,3,6-9,14H2,1-2H3,(H,26,33);13H,1-2H2,(H,7,8)(H,9,10)(H,11,12)/t23-,24+;/m1./s1. The number of amides is 1. The van der Waals surface area contributed by atoms with Gasteiger partial charge in [-0.3, -0.25) is 24.3 Å². The van der Waals surface area contributed by atoms with Crippen LogP contribution in [0.2, 0.25) is 0 Å². The van der Waals surface area contributed by atoms with Gasteiger partial charge in [-0.15, -0.1) is 0 Å². The molecule has 1 saturated heterocycles. The Morgan fingerprint density at radius 1 is 1.04 bits per heavy atom. The van der Waals surface area contributed by atoms with Gasteiger partial charge < -0.3 is 36.0 Å². The molecule has 1 saturated carbocycles. The van der Waals surface area contributed by atoms with E-state index in [-0.39, 0.29) is 5.91 Å². The molecule has 1 amide bonds. The summed E-state index contributed by atoms with van der Waals surface area (Å²) in [5.74, 6) is -3.17. The molecule has 3 aliphatic rings. The van der Waals surface area contributed by atoms with Crippen LogP contribution in [0.5, 0.6) is 0 Å². The average Bonchev–Trinajstić information content (AvgIpc) is 3.00. The van der Waals surface area contributed by atoms with E-state index < -0.39 is 36.4 Å². The highest BCUT2D eigenvalue weighted by Gasteiger charge is 2.43. The number of hydrogen-bond acceptors (Lipinski definition) is 11. The maximum absolute atomic E-state index is 11.8. The highest BCUT2D eigenvalue weighted by Crippen LogP contribution is 2.37. The first-order chi connectivity index (χ1) is 21.9. The van der Waals surface area contributed by atoms with Crippen molar-refractivity contribution in [2.45, 2.75) is 63.3 Å². The van der Waals surface area contributed by atoms with Crippen molar-refractivity contribution in [3.05, 3.63) is 58.8 Å². The van der Waals surface area contributed by atoms with Gasteiger partial charge in [-0.1, -0.05) is 6.92 Å².